The Balaban J connectivity index is 1.98. The Morgan fingerprint density at radius 2 is 1.94 bits per heavy atom. The molecule has 0 saturated heterocycles. The monoisotopic (exact) mass is 452 g/mol. The van der Waals surface area contributed by atoms with Crippen LogP contribution in [0.3, 0.4) is 0 Å². The van der Waals surface area contributed by atoms with Crippen molar-refractivity contribution in [3.63, 3.8) is 0 Å². The maximum absolute atomic E-state index is 13.4. The van der Waals surface area contributed by atoms with Crippen LogP contribution in [0.1, 0.15) is 57.4 Å². The van der Waals surface area contributed by atoms with Crippen molar-refractivity contribution in [1.29, 1.82) is 0 Å². The highest BCUT2D eigenvalue weighted by molar-refractivity contribution is 7.18. The summed E-state index contributed by atoms with van der Waals surface area (Å²) < 4.78 is 13.5. The van der Waals surface area contributed by atoms with Crippen molar-refractivity contribution < 1.29 is 14.3 Å². The molecule has 0 atom stereocenters. The number of thiophene rings is 1. The van der Waals surface area contributed by atoms with Gasteiger partial charge in [-0.3, -0.25) is 19.4 Å². The molecule has 1 fully saturated rings. The Hall–Kier alpha value is -2.17. The normalized spacial score (nSPS) is 15.3. The van der Waals surface area contributed by atoms with Gasteiger partial charge in [0.05, 0.1) is 24.1 Å². The van der Waals surface area contributed by atoms with Gasteiger partial charge in [-0.05, 0) is 52.5 Å². The first-order valence-electron chi connectivity index (χ1n) is 10.5. The Morgan fingerprint density at radius 3 is 2.48 bits per heavy atom. The van der Waals surface area contributed by atoms with Crippen molar-refractivity contribution in [3.8, 4) is 0 Å². The highest BCUT2D eigenvalue weighted by Crippen LogP contribution is 2.45. The molecule has 2 aromatic rings. The van der Waals surface area contributed by atoms with Crippen molar-refractivity contribution in [2.24, 2.45) is 0 Å². The summed E-state index contributed by atoms with van der Waals surface area (Å²) in [5.74, 6) is 0. The second kappa shape index (κ2) is 8.76. The summed E-state index contributed by atoms with van der Waals surface area (Å²) in [4.78, 5) is 40.1. The topological polar surface area (TPSA) is 104 Å². The van der Waals surface area contributed by atoms with E-state index in [1.807, 2.05) is 13.8 Å². The van der Waals surface area contributed by atoms with Crippen LogP contribution in [0, 0.1) is 6.92 Å². The maximum atomic E-state index is 13.4. The minimum atomic E-state index is -0.597. The van der Waals surface area contributed by atoms with Crippen molar-refractivity contribution in [3.05, 3.63) is 31.3 Å². The molecule has 2 heterocycles. The first-order valence-corrected chi connectivity index (χ1v) is 11.4. The number of ether oxygens (including phenoxy) is 2. The second-order valence-electron chi connectivity index (χ2n) is 8.96. The SMILES string of the molecule is CCC1(n2c(=O)c3c(C)c(CNNC(=O)OC(C)(C)C)sc3n(CCOC)c2=O)CC1. The number of aryl methyl sites for hydroxylation is 1. The Kier molecular flexibility index (Phi) is 6.64. The molecule has 0 bridgehead atoms. The predicted octanol–water partition coefficient (Wildman–Crippen LogP) is 2.61. The lowest BCUT2D eigenvalue weighted by Crippen LogP contribution is -2.45. The highest BCUT2D eigenvalue weighted by atomic mass is 32.1. The number of aromatic nitrogens is 2. The molecule has 2 N–H and O–H groups in total. The maximum Gasteiger partial charge on any atom is 0.422 e. The molecule has 0 unspecified atom stereocenters. The first kappa shape index (κ1) is 23.5. The van der Waals surface area contributed by atoms with Gasteiger partial charge in [-0.15, -0.1) is 11.3 Å². The van der Waals surface area contributed by atoms with Crippen molar-refractivity contribution in [2.75, 3.05) is 13.7 Å². The van der Waals surface area contributed by atoms with Gasteiger partial charge in [0.15, 0.2) is 0 Å². The van der Waals surface area contributed by atoms with Crippen molar-refractivity contribution in [2.45, 2.75) is 78.1 Å². The zero-order valence-electron chi connectivity index (χ0n) is 19.1. The number of hydrogen-bond donors (Lipinski definition) is 2. The summed E-state index contributed by atoms with van der Waals surface area (Å²) in [6.07, 6.45) is 1.84. The fourth-order valence-corrected chi connectivity index (χ4v) is 4.99. The van der Waals surface area contributed by atoms with E-state index in [4.69, 9.17) is 9.47 Å². The van der Waals surface area contributed by atoms with Gasteiger partial charge in [0.2, 0.25) is 0 Å². The molecule has 9 nitrogen and oxygen atoms in total. The average Bonchev–Trinajstić information content (AvgIpc) is 3.39. The van der Waals surface area contributed by atoms with Crippen LogP contribution in [-0.4, -0.2) is 34.5 Å². The van der Waals surface area contributed by atoms with Gasteiger partial charge >= 0.3 is 11.8 Å². The minimum Gasteiger partial charge on any atom is -0.443 e. The van der Waals surface area contributed by atoms with Crippen LogP contribution in [0.5, 0.6) is 0 Å². The lowest BCUT2D eigenvalue weighted by atomic mass is 10.1. The summed E-state index contributed by atoms with van der Waals surface area (Å²) in [6, 6.07) is 0. The molecule has 0 aliphatic heterocycles. The van der Waals surface area contributed by atoms with E-state index >= 15 is 0 Å². The van der Waals surface area contributed by atoms with E-state index in [-0.39, 0.29) is 16.8 Å². The average molecular weight is 453 g/mol. The fraction of sp³-hybridized carbons (Fsp3) is 0.667. The smallest absolute Gasteiger partial charge is 0.422 e. The van der Waals surface area contributed by atoms with Crippen molar-refractivity contribution >= 4 is 27.6 Å². The quantitative estimate of drug-likeness (QED) is 0.597. The standard InChI is InChI=1S/C21H32N4O5S/c1-7-21(8-9-21)25-16(26)15-13(2)14(12-22-23-18(27)30-20(3,4)5)31-17(15)24(19(25)28)10-11-29-6/h22H,7-12H2,1-6H3,(H,23,27). The molecule has 1 aliphatic carbocycles. The van der Waals surface area contributed by atoms with Gasteiger partial charge in [0.25, 0.3) is 5.56 Å². The van der Waals surface area contributed by atoms with Gasteiger partial charge in [-0.1, -0.05) is 6.92 Å². The molecule has 31 heavy (non-hydrogen) atoms. The third-order valence-electron chi connectivity index (χ3n) is 5.63. The lowest BCUT2D eigenvalue weighted by Gasteiger charge is -2.19. The van der Waals surface area contributed by atoms with E-state index in [2.05, 4.69) is 10.9 Å². The van der Waals surface area contributed by atoms with Crippen molar-refractivity contribution in [1.82, 2.24) is 20.0 Å². The Bertz CT molecular complexity index is 1090. The lowest BCUT2D eigenvalue weighted by molar-refractivity contribution is 0.0497. The number of methoxy groups -OCH3 is 1. The molecule has 1 saturated carbocycles. The number of nitrogens with one attached hydrogen (secondary N) is 2. The second-order valence-corrected chi connectivity index (χ2v) is 10.0. The van der Waals surface area contributed by atoms with Crippen LogP contribution < -0.4 is 22.1 Å². The minimum absolute atomic E-state index is 0.229. The summed E-state index contributed by atoms with van der Waals surface area (Å²) in [5.41, 5.74) is 4.71. The van der Waals surface area contributed by atoms with E-state index in [0.717, 1.165) is 29.7 Å². The van der Waals surface area contributed by atoms with E-state index in [1.54, 1.807) is 32.4 Å². The molecule has 3 rings (SSSR count). The van der Waals surface area contributed by atoms with Gasteiger partial charge in [0, 0.05) is 18.5 Å². The number of carbonyl (C=O) groups is 1. The first-order chi connectivity index (χ1) is 14.5. The zero-order valence-corrected chi connectivity index (χ0v) is 19.9. The molecule has 0 radical (unpaired) electrons. The summed E-state index contributed by atoms with van der Waals surface area (Å²) in [7, 11) is 1.59. The molecule has 10 heteroatoms. The van der Waals surface area contributed by atoms with E-state index in [0.29, 0.717) is 29.9 Å². The van der Waals surface area contributed by atoms with Gasteiger partial charge in [-0.25, -0.2) is 15.0 Å². The molecular formula is C21H32N4O5S. The molecule has 0 spiro atoms. The number of rotatable bonds is 8. The fourth-order valence-electron chi connectivity index (χ4n) is 3.74. The third-order valence-corrected chi connectivity index (χ3v) is 6.94. The van der Waals surface area contributed by atoms with Crippen LogP contribution in [0.15, 0.2) is 9.59 Å². The number of fused-ring (bicyclic) bond motifs is 1. The van der Waals surface area contributed by atoms with E-state index in [9.17, 15) is 14.4 Å². The van der Waals surface area contributed by atoms with Crippen LogP contribution in [0.4, 0.5) is 4.79 Å². The highest BCUT2D eigenvalue weighted by Gasteiger charge is 2.45. The van der Waals surface area contributed by atoms with Gasteiger partial charge in [-0.2, -0.15) is 0 Å². The van der Waals surface area contributed by atoms with Crippen LogP contribution in [-0.2, 0) is 28.1 Å². The van der Waals surface area contributed by atoms with Crippen LogP contribution in [0.2, 0.25) is 0 Å². The summed E-state index contributed by atoms with van der Waals surface area (Å²) in [6.45, 7) is 10.3. The Morgan fingerprint density at radius 1 is 1.26 bits per heavy atom. The van der Waals surface area contributed by atoms with Crippen LogP contribution in [0.25, 0.3) is 10.2 Å². The molecule has 1 amide bonds. The number of nitrogens with zero attached hydrogens (tertiary/aromatic N) is 2. The molecule has 2 aromatic heterocycles. The summed E-state index contributed by atoms with van der Waals surface area (Å²) >= 11 is 1.38. The number of hydrogen-bond acceptors (Lipinski definition) is 7. The molecular weight excluding hydrogens is 420 g/mol. The largest absolute Gasteiger partial charge is 0.443 e. The van der Waals surface area contributed by atoms with Gasteiger partial charge < -0.3 is 9.47 Å². The number of amides is 1. The molecule has 172 valence electrons. The van der Waals surface area contributed by atoms with Gasteiger partial charge in [0.1, 0.15) is 10.4 Å². The number of hydrazine groups is 1. The molecule has 1 aliphatic rings. The number of carbonyl (C=O) groups excluding carboxylic acids is 1. The van der Waals surface area contributed by atoms with E-state index in [1.165, 1.54) is 15.9 Å². The predicted molar refractivity (Wildman–Crippen MR) is 121 cm³/mol. The summed E-state index contributed by atoms with van der Waals surface area (Å²) in [5, 5.41) is 0.564. The third kappa shape index (κ3) is 4.70. The molecule has 0 aromatic carbocycles. The van der Waals surface area contributed by atoms with E-state index < -0.39 is 11.7 Å². The van der Waals surface area contributed by atoms with Crippen LogP contribution >= 0.6 is 11.3 Å². The zero-order chi connectivity index (χ0) is 23.0. The Labute approximate surface area is 185 Å².